The van der Waals surface area contributed by atoms with Crippen molar-refractivity contribution in [3.8, 4) is 0 Å². The number of amides is 2. The molecule has 8 heteroatoms. The SMILES string of the molecule is Cc1nc(CNC(=O)Nc2ccc(Cl)c(C(=O)O)c2)cs1. The standard InChI is InChI=1S/C13H12ClN3O3S/c1-7-16-9(6-21-7)5-15-13(20)17-8-2-3-11(14)10(4-8)12(18)19/h2-4,6H,5H2,1H3,(H,18,19)(H2,15,17,20). The number of thiazole rings is 1. The topological polar surface area (TPSA) is 91.3 Å². The Hall–Kier alpha value is -2.12. The largest absolute Gasteiger partial charge is 0.478 e. The van der Waals surface area contributed by atoms with E-state index in [1.54, 1.807) is 0 Å². The molecule has 0 bridgehead atoms. The number of aromatic carboxylic acids is 1. The number of nitrogens with one attached hydrogen (secondary N) is 2. The first-order chi connectivity index (χ1) is 9.95. The molecule has 1 aromatic carbocycles. The van der Waals surface area contributed by atoms with E-state index in [9.17, 15) is 9.59 Å². The number of carbonyl (C=O) groups is 2. The highest BCUT2D eigenvalue weighted by Crippen LogP contribution is 2.20. The van der Waals surface area contributed by atoms with Crippen molar-refractivity contribution < 1.29 is 14.7 Å². The number of rotatable bonds is 4. The fourth-order valence-corrected chi connectivity index (χ4v) is 2.41. The van der Waals surface area contributed by atoms with Gasteiger partial charge in [0.2, 0.25) is 0 Å². The van der Waals surface area contributed by atoms with Crippen LogP contribution in [0.3, 0.4) is 0 Å². The van der Waals surface area contributed by atoms with Gasteiger partial charge >= 0.3 is 12.0 Å². The number of carboxylic acid groups (broad SMARTS) is 1. The molecule has 0 spiro atoms. The summed E-state index contributed by atoms with van der Waals surface area (Å²) < 4.78 is 0. The molecule has 3 N–H and O–H groups in total. The quantitative estimate of drug-likeness (QED) is 0.805. The Labute approximate surface area is 129 Å². The van der Waals surface area contributed by atoms with Gasteiger partial charge in [0.25, 0.3) is 0 Å². The van der Waals surface area contributed by atoms with Crippen molar-refractivity contribution >= 4 is 40.6 Å². The van der Waals surface area contributed by atoms with Crippen molar-refractivity contribution in [3.63, 3.8) is 0 Å². The van der Waals surface area contributed by atoms with Gasteiger partial charge in [-0.2, -0.15) is 0 Å². The number of aryl methyl sites for hydroxylation is 1. The fraction of sp³-hybridized carbons (Fsp3) is 0.154. The number of benzene rings is 1. The van der Waals surface area contributed by atoms with Gasteiger partial charge in [0.1, 0.15) is 0 Å². The lowest BCUT2D eigenvalue weighted by Crippen LogP contribution is -2.28. The van der Waals surface area contributed by atoms with Crippen LogP contribution in [0.2, 0.25) is 5.02 Å². The minimum Gasteiger partial charge on any atom is -0.478 e. The van der Waals surface area contributed by atoms with E-state index >= 15 is 0 Å². The van der Waals surface area contributed by atoms with Gasteiger partial charge in [-0.3, -0.25) is 0 Å². The van der Waals surface area contributed by atoms with Crippen molar-refractivity contribution in [2.75, 3.05) is 5.32 Å². The number of hydrogen-bond acceptors (Lipinski definition) is 4. The smallest absolute Gasteiger partial charge is 0.337 e. The van der Waals surface area contributed by atoms with E-state index in [4.69, 9.17) is 16.7 Å². The second kappa shape index (κ2) is 6.55. The molecule has 0 aliphatic heterocycles. The van der Waals surface area contributed by atoms with Gasteiger partial charge < -0.3 is 15.7 Å². The van der Waals surface area contributed by atoms with Crippen LogP contribution in [0.25, 0.3) is 0 Å². The van der Waals surface area contributed by atoms with Crippen LogP contribution >= 0.6 is 22.9 Å². The Bertz CT molecular complexity index is 687. The molecule has 0 saturated carbocycles. The number of carbonyl (C=O) groups excluding carboxylic acids is 1. The summed E-state index contributed by atoms with van der Waals surface area (Å²) in [6.07, 6.45) is 0. The lowest BCUT2D eigenvalue weighted by Gasteiger charge is -2.08. The van der Waals surface area contributed by atoms with Crippen LogP contribution in [0, 0.1) is 6.92 Å². The molecule has 2 amide bonds. The van der Waals surface area contributed by atoms with Crippen LogP contribution < -0.4 is 10.6 Å². The third-order valence-electron chi connectivity index (χ3n) is 2.55. The van der Waals surface area contributed by atoms with Gasteiger partial charge in [0.05, 0.1) is 27.8 Å². The highest BCUT2D eigenvalue weighted by Gasteiger charge is 2.11. The second-order valence-electron chi connectivity index (χ2n) is 4.17. The van der Waals surface area contributed by atoms with Gasteiger partial charge in [0, 0.05) is 11.1 Å². The van der Waals surface area contributed by atoms with Crippen molar-refractivity contribution in [1.29, 1.82) is 0 Å². The summed E-state index contributed by atoms with van der Waals surface area (Å²) in [5.74, 6) is -1.15. The molecule has 0 radical (unpaired) electrons. The highest BCUT2D eigenvalue weighted by atomic mass is 35.5. The molecule has 110 valence electrons. The minimum atomic E-state index is -1.15. The van der Waals surface area contributed by atoms with E-state index in [0.717, 1.165) is 10.7 Å². The average molecular weight is 326 g/mol. The normalized spacial score (nSPS) is 10.2. The first-order valence-electron chi connectivity index (χ1n) is 5.94. The zero-order valence-electron chi connectivity index (χ0n) is 11.0. The lowest BCUT2D eigenvalue weighted by atomic mass is 10.2. The first-order valence-corrected chi connectivity index (χ1v) is 7.20. The van der Waals surface area contributed by atoms with Crippen molar-refractivity contribution in [2.24, 2.45) is 0 Å². The first kappa shape index (κ1) is 15.3. The summed E-state index contributed by atoms with van der Waals surface area (Å²) in [7, 11) is 0. The van der Waals surface area contributed by atoms with Crippen LogP contribution in [0.4, 0.5) is 10.5 Å². The maximum atomic E-state index is 11.7. The lowest BCUT2D eigenvalue weighted by molar-refractivity contribution is 0.0697. The Balaban J connectivity index is 1.96. The summed E-state index contributed by atoms with van der Waals surface area (Å²) in [5.41, 5.74) is 1.06. The Morgan fingerprint density at radius 1 is 1.43 bits per heavy atom. The number of nitrogens with zero attached hydrogens (tertiary/aromatic N) is 1. The molecule has 6 nitrogen and oxygen atoms in total. The van der Waals surface area contributed by atoms with Gasteiger partial charge in [-0.25, -0.2) is 14.6 Å². The molecule has 2 rings (SSSR count). The summed E-state index contributed by atoms with van der Waals surface area (Å²) in [5, 5.41) is 17.0. The number of hydrogen-bond donors (Lipinski definition) is 3. The zero-order valence-corrected chi connectivity index (χ0v) is 12.6. The third-order valence-corrected chi connectivity index (χ3v) is 3.70. The van der Waals surface area contributed by atoms with Gasteiger partial charge in [-0.05, 0) is 25.1 Å². The van der Waals surface area contributed by atoms with E-state index in [1.807, 2.05) is 12.3 Å². The predicted molar refractivity (Wildman–Crippen MR) is 81.1 cm³/mol. The van der Waals surface area contributed by atoms with Crippen LogP contribution in [0.5, 0.6) is 0 Å². The molecular formula is C13H12ClN3O3S. The molecule has 0 atom stereocenters. The van der Waals surface area contributed by atoms with Gasteiger partial charge in [-0.1, -0.05) is 11.6 Å². The van der Waals surface area contributed by atoms with Crippen molar-refractivity contribution in [1.82, 2.24) is 10.3 Å². The van der Waals surface area contributed by atoms with E-state index < -0.39 is 12.0 Å². The third kappa shape index (κ3) is 4.17. The minimum absolute atomic E-state index is 0.0652. The highest BCUT2D eigenvalue weighted by molar-refractivity contribution is 7.09. The van der Waals surface area contributed by atoms with Crippen LogP contribution in [0.1, 0.15) is 21.1 Å². The van der Waals surface area contributed by atoms with Crippen LogP contribution in [-0.4, -0.2) is 22.1 Å². The van der Waals surface area contributed by atoms with Crippen LogP contribution in [0.15, 0.2) is 23.6 Å². The number of carboxylic acids is 1. The number of aromatic nitrogens is 1. The Morgan fingerprint density at radius 3 is 2.81 bits per heavy atom. The summed E-state index contributed by atoms with van der Waals surface area (Å²) in [6.45, 7) is 2.19. The molecule has 0 aliphatic carbocycles. The van der Waals surface area contributed by atoms with Gasteiger partial charge in [0.15, 0.2) is 0 Å². The molecule has 0 aliphatic rings. The molecule has 21 heavy (non-hydrogen) atoms. The van der Waals surface area contributed by atoms with E-state index in [2.05, 4.69) is 15.6 Å². The maximum absolute atomic E-state index is 11.7. The maximum Gasteiger partial charge on any atom is 0.337 e. The fourth-order valence-electron chi connectivity index (χ4n) is 1.60. The number of halogens is 1. The molecular weight excluding hydrogens is 314 g/mol. The van der Waals surface area contributed by atoms with E-state index in [1.165, 1.54) is 29.5 Å². The monoisotopic (exact) mass is 325 g/mol. The van der Waals surface area contributed by atoms with Crippen LogP contribution in [-0.2, 0) is 6.54 Å². The molecule has 0 unspecified atom stereocenters. The van der Waals surface area contributed by atoms with E-state index in [-0.39, 0.29) is 10.6 Å². The van der Waals surface area contributed by atoms with E-state index in [0.29, 0.717) is 12.2 Å². The number of anilines is 1. The summed E-state index contributed by atoms with van der Waals surface area (Å²) in [6, 6.07) is 3.81. The average Bonchev–Trinajstić information content (AvgIpc) is 2.84. The molecule has 1 aromatic heterocycles. The molecule has 2 aromatic rings. The zero-order chi connectivity index (χ0) is 15.4. The predicted octanol–water partition coefficient (Wildman–Crippen LogP) is 3.12. The molecule has 1 heterocycles. The Morgan fingerprint density at radius 2 is 2.19 bits per heavy atom. The van der Waals surface area contributed by atoms with Crippen molar-refractivity contribution in [3.05, 3.63) is 44.9 Å². The summed E-state index contributed by atoms with van der Waals surface area (Å²) in [4.78, 5) is 26.9. The molecule has 0 saturated heterocycles. The summed E-state index contributed by atoms with van der Waals surface area (Å²) >= 11 is 7.26. The Kier molecular flexibility index (Phi) is 4.77. The number of urea groups is 1. The second-order valence-corrected chi connectivity index (χ2v) is 5.63. The molecule has 0 fully saturated rings. The van der Waals surface area contributed by atoms with Gasteiger partial charge in [-0.15, -0.1) is 11.3 Å². The van der Waals surface area contributed by atoms with Crippen molar-refractivity contribution in [2.45, 2.75) is 13.5 Å².